The van der Waals surface area contributed by atoms with Crippen LogP contribution in [-0.2, 0) is 0 Å². The van der Waals surface area contributed by atoms with Crippen LogP contribution in [0, 0.1) is 5.82 Å². The summed E-state index contributed by atoms with van der Waals surface area (Å²) in [5.74, 6) is 1.03. The number of fused-ring (bicyclic) bond motifs is 1. The van der Waals surface area contributed by atoms with Crippen molar-refractivity contribution >= 4 is 15.9 Å². The Balaban J connectivity index is 1.88. The molecule has 18 heavy (non-hydrogen) atoms. The van der Waals surface area contributed by atoms with E-state index in [1.807, 2.05) is 0 Å². The van der Waals surface area contributed by atoms with Crippen molar-refractivity contribution in [1.82, 2.24) is 4.98 Å². The predicted molar refractivity (Wildman–Crippen MR) is 64.5 cm³/mol. The lowest BCUT2D eigenvalue weighted by atomic mass is 10.3. The summed E-state index contributed by atoms with van der Waals surface area (Å²) in [6, 6.07) is 6.28. The van der Waals surface area contributed by atoms with E-state index in [0.717, 1.165) is 0 Å². The van der Waals surface area contributed by atoms with Crippen molar-refractivity contribution in [1.29, 1.82) is 0 Å². The fraction of sp³-hybridized carbons (Fsp3) is 0.0833. The van der Waals surface area contributed by atoms with Crippen molar-refractivity contribution in [2.75, 3.05) is 6.79 Å². The maximum atomic E-state index is 13.5. The van der Waals surface area contributed by atoms with Crippen molar-refractivity contribution < 1.29 is 18.6 Å². The fourth-order valence-corrected chi connectivity index (χ4v) is 1.83. The smallest absolute Gasteiger partial charge is 0.255 e. The summed E-state index contributed by atoms with van der Waals surface area (Å²) in [5, 5.41) is 0. The second-order valence-electron chi connectivity index (χ2n) is 3.56. The summed E-state index contributed by atoms with van der Waals surface area (Å²) in [4.78, 5) is 3.85. The van der Waals surface area contributed by atoms with Crippen molar-refractivity contribution in [3.8, 4) is 23.1 Å². The van der Waals surface area contributed by atoms with Gasteiger partial charge in [0, 0.05) is 16.7 Å². The van der Waals surface area contributed by atoms with Crippen LogP contribution in [0.3, 0.4) is 0 Å². The largest absolute Gasteiger partial charge is 0.454 e. The minimum Gasteiger partial charge on any atom is -0.454 e. The number of nitrogens with zero attached hydrogens (tertiary/aromatic N) is 1. The molecule has 1 aliphatic rings. The molecule has 0 radical (unpaired) electrons. The van der Waals surface area contributed by atoms with Crippen LogP contribution in [0.15, 0.2) is 34.9 Å². The first-order chi connectivity index (χ1) is 8.72. The van der Waals surface area contributed by atoms with Gasteiger partial charge in [0.25, 0.3) is 5.88 Å². The van der Waals surface area contributed by atoms with E-state index < -0.39 is 5.82 Å². The van der Waals surface area contributed by atoms with Crippen LogP contribution in [-0.4, -0.2) is 11.8 Å². The summed E-state index contributed by atoms with van der Waals surface area (Å²) >= 11 is 3.13. The van der Waals surface area contributed by atoms with Gasteiger partial charge < -0.3 is 14.2 Å². The van der Waals surface area contributed by atoms with Crippen LogP contribution in [0.5, 0.6) is 23.1 Å². The minimum atomic E-state index is -0.540. The van der Waals surface area contributed by atoms with Gasteiger partial charge in [-0.25, -0.2) is 9.37 Å². The summed E-state index contributed by atoms with van der Waals surface area (Å²) in [5.41, 5.74) is 0. The Labute approximate surface area is 110 Å². The van der Waals surface area contributed by atoms with Gasteiger partial charge in [0.05, 0.1) is 0 Å². The van der Waals surface area contributed by atoms with E-state index in [-0.39, 0.29) is 12.7 Å². The van der Waals surface area contributed by atoms with Crippen molar-refractivity contribution in [2.24, 2.45) is 0 Å². The average Bonchev–Trinajstić information content (AvgIpc) is 2.80. The minimum absolute atomic E-state index is 0.0861. The van der Waals surface area contributed by atoms with E-state index >= 15 is 0 Å². The van der Waals surface area contributed by atoms with E-state index in [0.29, 0.717) is 21.7 Å². The highest BCUT2D eigenvalue weighted by atomic mass is 79.9. The van der Waals surface area contributed by atoms with Crippen molar-refractivity contribution in [3.05, 3.63) is 40.8 Å². The second kappa shape index (κ2) is 4.45. The van der Waals surface area contributed by atoms with E-state index in [4.69, 9.17) is 14.2 Å². The molecule has 0 unspecified atom stereocenters. The molecule has 2 heterocycles. The monoisotopic (exact) mass is 311 g/mol. The third kappa shape index (κ3) is 2.11. The number of hydrogen-bond donors (Lipinski definition) is 0. The number of rotatable bonds is 2. The third-order valence-corrected chi connectivity index (χ3v) is 2.77. The summed E-state index contributed by atoms with van der Waals surface area (Å²) in [7, 11) is 0. The van der Waals surface area contributed by atoms with Gasteiger partial charge in [0.15, 0.2) is 17.3 Å². The molecule has 0 spiro atoms. The van der Waals surface area contributed by atoms with Gasteiger partial charge in [-0.05, 0) is 34.1 Å². The molecule has 92 valence electrons. The maximum absolute atomic E-state index is 13.5. The molecule has 6 heteroatoms. The lowest BCUT2D eigenvalue weighted by Crippen LogP contribution is -1.93. The Morgan fingerprint density at radius 2 is 2.06 bits per heavy atom. The van der Waals surface area contributed by atoms with E-state index in [9.17, 15) is 4.39 Å². The number of aromatic nitrogens is 1. The van der Waals surface area contributed by atoms with Crippen LogP contribution in [0.1, 0.15) is 0 Å². The molecular formula is C12H7BrFNO3. The molecule has 0 fully saturated rings. The number of ether oxygens (including phenoxy) is 3. The van der Waals surface area contributed by atoms with Crippen molar-refractivity contribution in [2.45, 2.75) is 0 Å². The van der Waals surface area contributed by atoms with E-state index in [1.165, 1.54) is 12.3 Å². The highest BCUT2D eigenvalue weighted by molar-refractivity contribution is 9.10. The fourth-order valence-electron chi connectivity index (χ4n) is 1.53. The summed E-state index contributed by atoms with van der Waals surface area (Å²) < 4.78 is 29.8. The molecule has 1 aromatic carbocycles. The summed E-state index contributed by atoms with van der Waals surface area (Å²) in [6.45, 7) is 0.184. The third-order valence-electron chi connectivity index (χ3n) is 2.33. The predicted octanol–water partition coefficient (Wildman–Crippen LogP) is 3.50. The van der Waals surface area contributed by atoms with E-state index in [2.05, 4.69) is 20.9 Å². The van der Waals surface area contributed by atoms with Crippen LogP contribution in [0.4, 0.5) is 4.39 Å². The lowest BCUT2D eigenvalue weighted by Gasteiger charge is -2.06. The highest BCUT2D eigenvalue weighted by Gasteiger charge is 2.15. The first-order valence-electron chi connectivity index (χ1n) is 5.11. The van der Waals surface area contributed by atoms with Gasteiger partial charge in [-0.1, -0.05) is 0 Å². The number of halogens is 2. The van der Waals surface area contributed by atoms with Gasteiger partial charge in [-0.2, -0.15) is 0 Å². The molecule has 2 aromatic rings. The van der Waals surface area contributed by atoms with E-state index in [1.54, 1.807) is 18.2 Å². The van der Waals surface area contributed by atoms with Crippen LogP contribution < -0.4 is 14.2 Å². The van der Waals surface area contributed by atoms with Gasteiger partial charge in [0.2, 0.25) is 6.79 Å². The molecule has 1 aromatic heterocycles. The summed E-state index contributed by atoms with van der Waals surface area (Å²) in [6.07, 6.45) is 1.46. The zero-order chi connectivity index (χ0) is 12.5. The van der Waals surface area contributed by atoms with Crippen LogP contribution in [0.25, 0.3) is 0 Å². The standard InChI is InChI=1S/C12H7BrFNO3/c13-7-3-9(14)12(15-5-7)18-8-1-2-10-11(4-8)17-6-16-10/h1-5H,6H2. The Morgan fingerprint density at radius 1 is 1.22 bits per heavy atom. The Kier molecular flexibility index (Phi) is 2.79. The Bertz CT molecular complexity index is 606. The Morgan fingerprint density at radius 3 is 2.89 bits per heavy atom. The molecular weight excluding hydrogens is 305 g/mol. The second-order valence-corrected chi connectivity index (χ2v) is 4.47. The van der Waals surface area contributed by atoms with Crippen LogP contribution >= 0.6 is 15.9 Å². The first kappa shape index (κ1) is 11.3. The first-order valence-corrected chi connectivity index (χ1v) is 5.90. The average molecular weight is 312 g/mol. The lowest BCUT2D eigenvalue weighted by molar-refractivity contribution is 0.174. The van der Waals surface area contributed by atoms with Crippen molar-refractivity contribution in [3.63, 3.8) is 0 Å². The maximum Gasteiger partial charge on any atom is 0.255 e. The molecule has 1 aliphatic heterocycles. The highest BCUT2D eigenvalue weighted by Crippen LogP contribution is 2.36. The molecule has 0 amide bonds. The number of benzene rings is 1. The molecule has 0 atom stereocenters. The molecule has 0 saturated heterocycles. The van der Waals surface area contributed by atoms with Gasteiger partial charge in [-0.3, -0.25) is 0 Å². The number of hydrogen-bond acceptors (Lipinski definition) is 4. The normalized spacial score (nSPS) is 12.6. The quantitative estimate of drug-likeness (QED) is 0.851. The molecule has 0 saturated carbocycles. The molecule has 0 N–H and O–H groups in total. The van der Waals surface area contributed by atoms with Crippen LogP contribution in [0.2, 0.25) is 0 Å². The van der Waals surface area contributed by atoms with Gasteiger partial charge in [-0.15, -0.1) is 0 Å². The zero-order valence-corrected chi connectivity index (χ0v) is 10.6. The number of pyridine rings is 1. The molecule has 0 aliphatic carbocycles. The van der Waals surface area contributed by atoms with Gasteiger partial charge >= 0.3 is 0 Å². The van der Waals surface area contributed by atoms with Gasteiger partial charge in [0.1, 0.15) is 5.75 Å². The topological polar surface area (TPSA) is 40.6 Å². The Hall–Kier alpha value is -1.82. The molecule has 4 nitrogen and oxygen atoms in total. The SMILES string of the molecule is Fc1cc(Br)cnc1Oc1ccc2c(c1)OCO2. The molecule has 3 rings (SSSR count). The zero-order valence-electron chi connectivity index (χ0n) is 9.02. The molecule has 0 bridgehead atoms.